The van der Waals surface area contributed by atoms with Crippen molar-refractivity contribution in [3.05, 3.63) is 27.5 Å². The molecule has 0 radical (unpaired) electrons. The molecule has 0 aromatic carbocycles. The van der Waals surface area contributed by atoms with E-state index in [-0.39, 0.29) is 6.61 Å². The molecule has 0 bridgehead atoms. The molecule has 0 amide bonds. The molecule has 1 N–H and O–H groups in total. The highest BCUT2D eigenvalue weighted by Gasteiger charge is 2.33. The van der Waals surface area contributed by atoms with E-state index in [1.807, 2.05) is 0 Å². The van der Waals surface area contributed by atoms with Crippen molar-refractivity contribution >= 4 is 5.97 Å². The zero-order chi connectivity index (χ0) is 14.6. The average Bonchev–Trinajstić information content (AvgIpc) is 2.27. The third-order valence-electron chi connectivity index (χ3n) is 1.94. The Bertz CT molecular complexity index is 523. The Balaban J connectivity index is 3.22. The van der Waals surface area contributed by atoms with Crippen LogP contribution in [0.15, 0.2) is 10.9 Å². The van der Waals surface area contributed by atoms with E-state index in [2.05, 4.69) is 9.47 Å². The number of esters is 1. The van der Waals surface area contributed by atoms with E-state index in [0.717, 1.165) is 0 Å². The lowest BCUT2D eigenvalue weighted by atomic mass is 10.2. The summed E-state index contributed by atoms with van der Waals surface area (Å²) in [5, 5.41) is 0. The fourth-order valence-electron chi connectivity index (χ4n) is 1.22. The standard InChI is InChI=1S/C10H9F4NO4/c1-2-18-9(17)6-3-5(4-11)8(15-7(6)16)19-10(12,13)14/h3H,2,4H2,1H3,(H,15,16). The Morgan fingerprint density at radius 1 is 1.42 bits per heavy atom. The fourth-order valence-corrected chi connectivity index (χ4v) is 1.22. The van der Waals surface area contributed by atoms with Gasteiger partial charge in [-0.1, -0.05) is 0 Å². The van der Waals surface area contributed by atoms with Crippen LogP contribution in [0.5, 0.6) is 5.88 Å². The number of carbonyl (C=O) groups is 1. The van der Waals surface area contributed by atoms with Crippen LogP contribution in [0.3, 0.4) is 0 Å². The van der Waals surface area contributed by atoms with Gasteiger partial charge in [-0.05, 0) is 13.0 Å². The zero-order valence-electron chi connectivity index (χ0n) is 9.64. The van der Waals surface area contributed by atoms with Crippen molar-refractivity contribution in [2.45, 2.75) is 20.0 Å². The maximum atomic E-state index is 12.6. The molecule has 0 spiro atoms. The van der Waals surface area contributed by atoms with Gasteiger partial charge in [0.1, 0.15) is 12.2 Å². The predicted molar refractivity (Wildman–Crippen MR) is 54.5 cm³/mol. The second-order valence-electron chi connectivity index (χ2n) is 3.27. The number of ether oxygens (including phenoxy) is 2. The van der Waals surface area contributed by atoms with Crippen LogP contribution in [0, 0.1) is 0 Å². The van der Waals surface area contributed by atoms with Crippen LogP contribution in [-0.2, 0) is 11.4 Å². The summed E-state index contributed by atoms with van der Waals surface area (Å²) in [6.45, 7) is 0.0852. The number of pyridine rings is 1. The number of rotatable bonds is 4. The Kier molecular flexibility index (Phi) is 4.52. The van der Waals surface area contributed by atoms with Crippen LogP contribution in [0.1, 0.15) is 22.8 Å². The summed E-state index contributed by atoms with van der Waals surface area (Å²) < 4.78 is 56.6. The molecule has 0 saturated carbocycles. The Morgan fingerprint density at radius 2 is 2.05 bits per heavy atom. The summed E-state index contributed by atoms with van der Waals surface area (Å²) in [7, 11) is 0. The lowest BCUT2D eigenvalue weighted by molar-refractivity contribution is -0.276. The molecule has 0 fully saturated rings. The van der Waals surface area contributed by atoms with Gasteiger partial charge in [-0.15, -0.1) is 13.2 Å². The van der Waals surface area contributed by atoms with Crippen LogP contribution in [0.25, 0.3) is 0 Å². The first-order valence-corrected chi connectivity index (χ1v) is 5.03. The number of halogens is 4. The maximum absolute atomic E-state index is 12.6. The lowest BCUT2D eigenvalue weighted by Gasteiger charge is -2.12. The van der Waals surface area contributed by atoms with Gasteiger partial charge in [0.2, 0.25) is 5.88 Å². The second-order valence-corrected chi connectivity index (χ2v) is 3.27. The summed E-state index contributed by atoms with van der Waals surface area (Å²) >= 11 is 0. The number of alkyl halides is 4. The van der Waals surface area contributed by atoms with Crippen molar-refractivity contribution in [2.75, 3.05) is 6.61 Å². The minimum Gasteiger partial charge on any atom is -0.462 e. The molecule has 1 aromatic heterocycles. The predicted octanol–water partition coefficient (Wildman–Crippen LogP) is 1.92. The first kappa shape index (κ1) is 15.0. The van der Waals surface area contributed by atoms with Crippen LogP contribution < -0.4 is 10.3 Å². The molecule has 19 heavy (non-hydrogen) atoms. The summed E-state index contributed by atoms with van der Waals surface area (Å²) in [6, 6.07) is 0.665. The van der Waals surface area contributed by atoms with Gasteiger partial charge in [0.05, 0.1) is 6.61 Å². The van der Waals surface area contributed by atoms with E-state index in [1.54, 1.807) is 4.98 Å². The van der Waals surface area contributed by atoms with Gasteiger partial charge < -0.3 is 9.47 Å². The molecule has 0 atom stereocenters. The van der Waals surface area contributed by atoms with Gasteiger partial charge in [0, 0.05) is 5.56 Å². The molecular weight excluding hydrogens is 274 g/mol. The molecule has 0 unspecified atom stereocenters. The molecule has 0 saturated heterocycles. The number of aromatic nitrogens is 1. The van der Waals surface area contributed by atoms with Crippen LogP contribution in [0.2, 0.25) is 0 Å². The highest BCUT2D eigenvalue weighted by Crippen LogP contribution is 2.24. The number of carbonyl (C=O) groups excluding carboxylic acids is 1. The van der Waals surface area contributed by atoms with Crippen LogP contribution in [-0.4, -0.2) is 23.9 Å². The summed E-state index contributed by atoms with van der Waals surface area (Å²) in [6.07, 6.45) is -5.09. The SMILES string of the molecule is CCOC(=O)c1cc(CF)c(OC(F)(F)F)[nH]c1=O. The van der Waals surface area contributed by atoms with Gasteiger partial charge in [-0.2, -0.15) is 0 Å². The first-order valence-electron chi connectivity index (χ1n) is 5.03. The number of nitrogens with one attached hydrogen (secondary N) is 1. The largest absolute Gasteiger partial charge is 0.574 e. The molecule has 1 rings (SSSR count). The van der Waals surface area contributed by atoms with E-state index in [4.69, 9.17) is 0 Å². The van der Waals surface area contributed by atoms with Crippen molar-refractivity contribution < 1.29 is 31.8 Å². The van der Waals surface area contributed by atoms with Gasteiger partial charge >= 0.3 is 12.3 Å². The van der Waals surface area contributed by atoms with Crippen LogP contribution >= 0.6 is 0 Å². The Labute approximate surface area is 104 Å². The van der Waals surface area contributed by atoms with Gasteiger partial charge in [0.15, 0.2) is 0 Å². The van der Waals surface area contributed by atoms with E-state index in [1.165, 1.54) is 6.92 Å². The first-order chi connectivity index (χ1) is 8.78. The number of hydrogen-bond acceptors (Lipinski definition) is 4. The van der Waals surface area contributed by atoms with Gasteiger partial charge in [0.25, 0.3) is 5.56 Å². The molecule has 0 aliphatic carbocycles. The van der Waals surface area contributed by atoms with Crippen LogP contribution in [0.4, 0.5) is 17.6 Å². The number of hydrogen-bond donors (Lipinski definition) is 1. The van der Waals surface area contributed by atoms with Crippen molar-refractivity contribution in [1.82, 2.24) is 4.98 Å². The smallest absolute Gasteiger partial charge is 0.462 e. The van der Waals surface area contributed by atoms with Gasteiger partial charge in [-0.25, -0.2) is 9.18 Å². The van der Waals surface area contributed by atoms with Crippen molar-refractivity contribution in [1.29, 1.82) is 0 Å². The molecule has 0 aliphatic rings. The molecule has 106 valence electrons. The van der Waals surface area contributed by atoms with E-state index in [0.29, 0.717) is 6.07 Å². The highest BCUT2D eigenvalue weighted by atomic mass is 19.4. The third-order valence-corrected chi connectivity index (χ3v) is 1.94. The topological polar surface area (TPSA) is 68.4 Å². The molecule has 9 heteroatoms. The van der Waals surface area contributed by atoms with Gasteiger partial charge in [-0.3, -0.25) is 9.78 Å². The molecule has 1 heterocycles. The van der Waals surface area contributed by atoms with E-state index in [9.17, 15) is 27.2 Å². The summed E-state index contributed by atoms with van der Waals surface area (Å²) in [5.41, 5.74) is -2.36. The summed E-state index contributed by atoms with van der Waals surface area (Å²) in [4.78, 5) is 24.3. The molecule has 1 aromatic rings. The van der Waals surface area contributed by atoms with E-state index < -0.39 is 41.6 Å². The molecule has 0 aliphatic heterocycles. The van der Waals surface area contributed by atoms with E-state index >= 15 is 0 Å². The summed E-state index contributed by atoms with van der Waals surface area (Å²) in [5.74, 6) is -2.15. The minimum atomic E-state index is -5.09. The normalized spacial score (nSPS) is 11.2. The second kappa shape index (κ2) is 5.72. The third kappa shape index (κ3) is 3.97. The lowest BCUT2D eigenvalue weighted by Crippen LogP contribution is -2.25. The number of aromatic amines is 1. The molecule has 5 nitrogen and oxygen atoms in total. The Hall–Kier alpha value is -2.06. The maximum Gasteiger partial charge on any atom is 0.574 e. The van der Waals surface area contributed by atoms with Crippen molar-refractivity contribution in [2.24, 2.45) is 0 Å². The highest BCUT2D eigenvalue weighted by molar-refractivity contribution is 5.89. The molecular formula is C10H9F4NO4. The van der Waals surface area contributed by atoms with Crippen molar-refractivity contribution in [3.63, 3.8) is 0 Å². The quantitative estimate of drug-likeness (QED) is 0.677. The van der Waals surface area contributed by atoms with Crippen molar-refractivity contribution in [3.8, 4) is 5.88 Å². The minimum absolute atomic E-state index is 0.0377. The fraction of sp³-hybridized carbons (Fsp3) is 0.400. The number of H-pyrrole nitrogens is 1. The monoisotopic (exact) mass is 283 g/mol. The Morgan fingerprint density at radius 3 is 2.53 bits per heavy atom. The average molecular weight is 283 g/mol. The zero-order valence-corrected chi connectivity index (χ0v) is 9.64.